The van der Waals surface area contributed by atoms with E-state index in [1.54, 1.807) is 19.5 Å². The van der Waals surface area contributed by atoms with Crippen LogP contribution in [0.15, 0.2) is 36.7 Å². The van der Waals surface area contributed by atoms with Crippen LogP contribution in [-0.2, 0) is 13.0 Å². The number of nitrogens with one attached hydrogen (secondary N) is 2. The molecule has 3 aromatic rings. The van der Waals surface area contributed by atoms with Crippen LogP contribution in [0.1, 0.15) is 49.4 Å². The van der Waals surface area contributed by atoms with Crippen molar-refractivity contribution in [3.05, 3.63) is 53.5 Å². The number of pyridine rings is 2. The Bertz CT molecular complexity index is 1210. The van der Waals surface area contributed by atoms with Gasteiger partial charge in [-0.1, -0.05) is 13.3 Å². The molecule has 8 heteroatoms. The largest absolute Gasteiger partial charge is 0.497 e. The Morgan fingerprint density at radius 1 is 1.08 bits per heavy atom. The van der Waals surface area contributed by atoms with Crippen LogP contribution in [0.25, 0.3) is 10.9 Å². The number of fused-ring (bicyclic) bond motifs is 2. The molecule has 2 N–H and O–H groups in total. The maximum absolute atomic E-state index is 9.01. The molecule has 190 valence electrons. The monoisotopic (exact) mass is 489 g/mol. The lowest BCUT2D eigenvalue weighted by molar-refractivity contribution is 0.170. The van der Waals surface area contributed by atoms with Gasteiger partial charge in [0.15, 0.2) is 11.5 Å². The Balaban J connectivity index is 0.000000174. The summed E-state index contributed by atoms with van der Waals surface area (Å²) in [6.45, 7) is 4.06. The number of hydrogen-bond acceptors (Lipinski definition) is 8. The van der Waals surface area contributed by atoms with E-state index in [1.165, 1.54) is 25.7 Å². The first kappa shape index (κ1) is 25.7. The number of aromatic nitrogens is 2. The van der Waals surface area contributed by atoms with E-state index >= 15 is 0 Å². The van der Waals surface area contributed by atoms with Gasteiger partial charge >= 0.3 is 0 Å². The lowest BCUT2D eigenvalue weighted by Crippen LogP contribution is -2.40. The molecule has 0 saturated heterocycles. The summed E-state index contributed by atoms with van der Waals surface area (Å²) in [6.07, 6.45) is 9.24. The van der Waals surface area contributed by atoms with Crippen LogP contribution in [0.3, 0.4) is 0 Å². The molecule has 0 bridgehead atoms. The maximum Gasteiger partial charge on any atom is 0.179 e. The van der Waals surface area contributed by atoms with Crippen molar-refractivity contribution in [2.75, 3.05) is 27.4 Å². The molecule has 1 fully saturated rings. The number of ether oxygens (including phenoxy) is 3. The number of nitriles is 1. The zero-order valence-corrected chi connectivity index (χ0v) is 21.3. The van der Waals surface area contributed by atoms with E-state index in [1.807, 2.05) is 31.2 Å². The number of nitrogens with zero attached hydrogens (tertiary/aromatic N) is 3. The third-order valence-corrected chi connectivity index (χ3v) is 6.80. The van der Waals surface area contributed by atoms with E-state index in [-0.39, 0.29) is 0 Å². The lowest BCUT2D eigenvalue weighted by Gasteiger charge is -2.29. The van der Waals surface area contributed by atoms with Crippen LogP contribution in [0.4, 0.5) is 0 Å². The molecule has 1 saturated carbocycles. The quantitative estimate of drug-likeness (QED) is 0.533. The lowest BCUT2D eigenvalue weighted by atomic mass is 9.91. The van der Waals surface area contributed by atoms with Crippen LogP contribution < -0.4 is 24.8 Å². The van der Waals surface area contributed by atoms with E-state index < -0.39 is 0 Å². The summed E-state index contributed by atoms with van der Waals surface area (Å²) in [5.74, 6) is 2.37. The Morgan fingerprint density at radius 2 is 1.89 bits per heavy atom. The minimum atomic E-state index is 0.580. The minimum absolute atomic E-state index is 0.580. The van der Waals surface area contributed by atoms with Gasteiger partial charge in [-0.15, -0.1) is 0 Å². The van der Waals surface area contributed by atoms with Crippen molar-refractivity contribution in [3.63, 3.8) is 0 Å². The van der Waals surface area contributed by atoms with Crippen LogP contribution in [-0.4, -0.2) is 49.4 Å². The zero-order valence-electron chi connectivity index (χ0n) is 21.3. The highest BCUT2D eigenvalue weighted by molar-refractivity contribution is 5.85. The van der Waals surface area contributed by atoms with Crippen molar-refractivity contribution in [2.45, 2.75) is 57.7 Å². The van der Waals surface area contributed by atoms with E-state index in [9.17, 15) is 0 Å². The molecule has 0 spiro atoms. The molecule has 2 aromatic heterocycles. The van der Waals surface area contributed by atoms with Gasteiger partial charge in [-0.3, -0.25) is 9.97 Å². The molecule has 0 radical (unpaired) electrons. The van der Waals surface area contributed by atoms with Crippen molar-refractivity contribution in [2.24, 2.45) is 0 Å². The van der Waals surface area contributed by atoms with E-state index in [2.05, 4.69) is 33.7 Å². The molecular formula is C28H35N5O3. The summed E-state index contributed by atoms with van der Waals surface area (Å²) in [4.78, 5) is 8.69. The predicted octanol–water partition coefficient (Wildman–Crippen LogP) is 4.15. The maximum atomic E-state index is 9.01. The average Bonchev–Trinajstić information content (AvgIpc) is 2.95. The summed E-state index contributed by atoms with van der Waals surface area (Å²) < 4.78 is 16.3. The van der Waals surface area contributed by atoms with E-state index in [0.29, 0.717) is 30.9 Å². The van der Waals surface area contributed by atoms with Gasteiger partial charge in [-0.25, -0.2) is 0 Å². The molecule has 1 aliphatic carbocycles. The first-order valence-electron chi connectivity index (χ1n) is 12.7. The van der Waals surface area contributed by atoms with Crippen molar-refractivity contribution >= 4 is 10.9 Å². The van der Waals surface area contributed by atoms with Gasteiger partial charge in [0, 0.05) is 36.3 Å². The Labute approximate surface area is 213 Å². The smallest absolute Gasteiger partial charge is 0.179 e. The fourth-order valence-corrected chi connectivity index (χ4v) is 4.80. The highest BCUT2D eigenvalue weighted by Crippen LogP contribution is 2.29. The molecule has 5 rings (SSSR count). The third kappa shape index (κ3) is 6.23. The number of benzene rings is 1. The van der Waals surface area contributed by atoms with Gasteiger partial charge in [0.1, 0.15) is 25.0 Å². The van der Waals surface area contributed by atoms with Crippen molar-refractivity contribution in [1.29, 1.82) is 5.26 Å². The Kier molecular flexibility index (Phi) is 8.93. The van der Waals surface area contributed by atoms with Crippen LogP contribution in [0.2, 0.25) is 0 Å². The summed E-state index contributed by atoms with van der Waals surface area (Å²) in [5, 5.41) is 17.0. The van der Waals surface area contributed by atoms with Crippen molar-refractivity contribution in [1.82, 2.24) is 20.6 Å². The molecule has 2 aliphatic rings. The summed E-state index contributed by atoms with van der Waals surface area (Å²) in [6, 6.07) is 11.1. The summed E-state index contributed by atoms with van der Waals surface area (Å²) in [7, 11) is 3.68. The van der Waals surface area contributed by atoms with Gasteiger partial charge in [0.05, 0.1) is 30.1 Å². The van der Waals surface area contributed by atoms with Crippen LogP contribution >= 0.6 is 0 Å². The Morgan fingerprint density at radius 3 is 2.64 bits per heavy atom. The highest BCUT2D eigenvalue weighted by atomic mass is 16.6. The molecule has 1 aromatic carbocycles. The molecule has 8 nitrogen and oxygen atoms in total. The fraction of sp³-hybridized carbons (Fsp3) is 0.464. The summed E-state index contributed by atoms with van der Waals surface area (Å²) in [5.41, 5.74) is 3.59. The van der Waals surface area contributed by atoms with E-state index in [4.69, 9.17) is 19.5 Å². The molecule has 0 amide bonds. The first-order chi connectivity index (χ1) is 17.6. The van der Waals surface area contributed by atoms with Gasteiger partial charge in [0.2, 0.25) is 0 Å². The average molecular weight is 490 g/mol. The number of aryl methyl sites for hydroxylation is 1. The Hall–Kier alpha value is -3.41. The molecule has 36 heavy (non-hydrogen) atoms. The van der Waals surface area contributed by atoms with Crippen molar-refractivity contribution < 1.29 is 14.2 Å². The second-order valence-corrected chi connectivity index (χ2v) is 9.05. The predicted molar refractivity (Wildman–Crippen MR) is 140 cm³/mol. The standard InChI is InChI=1S/C15H23N3O2.C13H12N2O/c1-16-11-3-2-4-12(7-11)17-9-13-8-14-15(10-18-13)20-6-5-19-14;1-3-11-9(7-14)8-15-13-5-4-10(16-2)6-12(11)13/h8,10-12,16-17H,2-7,9H2,1H3;4-6,8H,3H2,1-2H3. The number of rotatable bonds is 6. The fourth-order valence-electron chi connectivity index (χ4n) is 4.80. The van der Waals surface area contributed by atoms with Gasteiger partial charge in [-0.05, 0) is 56.5 Å². The molecule has 2 unspecified atom stereocenters. The van der Waals surface area contributed by atoms with Gasteiger partial charge in [0.25, 0.3) is 0 Å². The van der Waals surface area contributed by atoms with Crippen molar-refractivity contribution in [3.8, 4) is 23.3 Å². The second-order valence-electron chi connectivity index (χ2n) is 9.05. The first-order valence-corrected chi connectivity index (χ1v) is 12.7. The SMILES string of the molecule is CCc1c(C#N)cnc2ccc(OC)cc12.CNC1CCCC(NCc2cc3c(cn2)OCCO3)C1. The van der Waals surface area contributed by atoms with Crippen LogP contribution in [0, 0.1) is 11.3 Å². The van der Waals surface area contributed by atoms with Gasteiger partial charge in [-0.2, -0.15) is 5.26 Å². The molecule has 3 heterocycles. The van der Waals surface area contributed by atoms with E-state index in [0.717, 1.165) is 52.4 Å². The number of hydrogen-bond donors (Lipinski definition) is 2. The third-order valence-electron chi connectivity index (χ3n) is 6.80. The topological polar surface area (TPSA) is 101 Å². The number of methoxy groups -OCH3 is 1. The molecule has 1 aliphatic heterocycles. The highest BCUT2D eigenvalue weighted by Gasteiger charge is 2.20. The van der Waals surface area contributed by atoms with Crippen LogP contribution in [0.5, 0.6) is 17.2 Å². The minimum Gasteiger partial charge on any atom is -0.497 e. The normalized spacial score (nSPS) is 18.6. The molecule has 2 atom stereocenters. The van der Waals surface area contributed by atoms with Gasteiger partial charge < -0.3 is 24.8 Å². The molecular weight excluding hydrogens is 454 g/mol. The summed E-state index contributed by atoms with van der Waals surface area (Å²) >= 11 is 0. The second kappa shape index (κ2) is 12.5. The zero-order chi connectivity index (χ0) is 25.3.